The standard InChI is InChI=1S/C11H21NO4/c1-10(2,3)16-9(14)12-11(4,8-13)6-7-15-5/h8H,6-7H2,1-5H3,(H,12,14). The minimum atomic E-state index is -0.946. The topological polar surface area (TPSA) is 64.6 Å². The predicted octanol–water partition coefficient (Wildman–Crippen LogP) is 1.51. The third-order valence-corrected chi connectivity index (χ3v) is 1.87. The molecule has 0 fully saturated rings. The summed E-state index contributed by atoms with van der Waals surface area (Å²) in [6, 6.07) is 0. The third-order valence-electron chi connectivity index (χ3n) is 1.87. The molecule has 0 aromatic heterocycles. The van der Waals surface area contributed by atoms with E-state index in [9.17, 15) is 9.59 Å². The second kappa shape index (κ2) is 5.84. The largest absolute Gasteiger partial charge is 0.444 e. The van der Waals surface area contributed by atoms with Gasteiger partial charge in [-0.05, 0) is 27.7 Å². The van der Waals surface area contributed by atoms with Crippen LogP contribution < -0.4 is 5.32 Å². The number of carbonyl (C=O) groups excluding carboxylic acids is 2. The Kier molecular flexibility index (Phi) is 5.44. The summed E-state index contributed by atoms with van der Waals surface area (Å²) in [6.07, 6.45) is 0.501. The second-order valence-electron chi connectivity index (χ2n) is 4.91. The summed E-state index contributed by atoms with van der Waals surface area (Å²) in [5, 5.41) is 2.53. The number of nitrogens with one attached hydrogen (secondary N) is 1. The molecule has 1 unspecified atom stereocenters. The number of amides is 1. The van der Waals surface area contributed by atoms with E-state index in [-0.39, 0.29) is 0 Å². The Hall–Kier alpha value is -1.10. The molecule has 0 saturated carbocycles. The van der Waals surface area contributed by atoms with Crippen molar-refractivity contribution >= 4 is 12.4 Å². The van der Waals surface area contributed by atoms with E-state index in [0.29, 0.717) is 19.3 Å². The van der Waals surface area contributed by atoms with Gasteiger partial charge in [-0.1, -0.05) is 0 Å². The molecule has 0 radical (unpaired) electrons. The van der Waals surface area contributed by atoms with Crippen molar-refractivity contribution in [2.75, 3.05) is 13.7 Å². The lowest BCUT2D eigenvalue weighted by molar-refractivity contribution is -0.113. The number of aldehydes is 1. The maximum absolute atomic E-state index is 11.5. The first-order valence-corrected chi connectivity index (χ1v) is 5.19. The zero-order chi connectivity index (χ0) is 12.8. The Morgan fingerprint density at radius 1 is 1.31 bits per heavy atom. The fraction of sp³-hybridized carbons (Fsp3) is 0.818. The summed E-state index contributed by atoms with van der Waals surface area (Å²) in [5.41, 5.74) is -1.52. The van der Waals surface area contributed by atoms with Gasteiger partial charge in [-0.15, -0.1) is 0 Å². The van der Waals surface area contributed by atoms with Gasteiger partial charge in [0.15, 0.2) is 0 Å². The zero-order valence-corrected chi connectivity index (χ0v) is 10.6. The average Bonchev–Trinajstić information content (AvgIpc) is 2.11. The van der Waals surface area contributed by atoms with E-state index in [1.807, 2.05) is 0 Å². The van der Waals surface area contributed by atoms with Gasteiger partial charge in [-0.3, -0.25) is 0 Å². The normalized spacial score (nSPS) is 15.1. The van der Waals surface area contributed by atoms with E-state index in [1.165, 1.54) is 0 Å². The lowest BCUT2D eigenvalue weighted by atomic mass is 10.0. The van der Waals surface area contributed by atoms with E-state index in [0.717, 1.165) is 0 Å². The molecule has 1 atom stereocenters. The van der Waals surface area contributed by atoms with Crippen LogP contribution in [0.4, 0.5) is 4.79 Å². The summed E-state index contributed by atoms with van der Waals surface area (Å²) in [5.74, 6) is 0. The van der Waals surface area contributed by atoms with Gasteiger partial charge in [0, 0.05) is 20.1 Å². The van der Waals surface area contributed by atoms with Gasteiger partial charge in [0.25, 0.3) is 0 Å². The molecule has 0 aliphatic carbocycles. The first-order valence-electron chi connectivity index (χ1n) is 5.19. The summed E-state index contributed by atoms with van der Waals surface area (Å²) in [7, 11) is 1.54. The average molecular weight is 231 g/mol. The molecule has 5 heteroatoms. The van der Waals surface area contributed by atoms with Crippen LogP contribution in [0.1, 0.15) is 34.1 Å². The molecule has 5 nitrogen and oxygen atoms in total. The molecule has 16 heavy (non-hydrogen) atoms. The molecule has 0 rings (SSSR count). The Balaban J connectivity index is 4.31. The molecule has 1 amide bonds. The highest BCUT2D eigenvalue weighted by molar-refractivity contribution is 5.76. The monoisotopic (exact) mass is 231 g/mol. The number of rotatable bonds is 5. The number of carbonyl (C=O) groups is 2. The lowest BCUT2D eigenvalue weighted by Gasteiger charge is -2.27. The van der Waals surface area contributed by atoms with Crippen LogP contribution in [0.5, 0.6) is 0 Å². The highest BCUT2D eigenvalue weighted by atomic mass is 16.6. The highest BCUT2D eigenvalue weighted by Crippen LogP contribution is 2.11. The molecule has 0 aromatic carbocycles. The second-order valence-corrected chi connectivity index (χ2v) is 4.91. The summed E-state index contributed by atoms with van der Waals surface area (Å²) >= 11 is 0. The molecule has 0 bridgehead atoms. The minimum Gasteiger partial charge on any atom is -0.444 e. The van der Waals surface area contributed by atoms with Gasteiger partial charge in [0.1, 0.15) is 11.9 Å². The first-order chi connectivity index (χ1) is 7.22. The van der Waals surface area contributed by atoms with Crippen LogP contribution in [0.2, 0.25) is 0 Å². The van der Waals surface area contributed by atoms with Gasteiger partial charge in [-0.2, -0.15) is 0 Å². The maximum Gasteiger partial charge on any atom is 0.408 e. The van der Waals surface area contributed by atoms with Gasteiger partial charge in [0.2, 0.25) is 0 Å². The number of methoxy groups -OCH3 is 1. The van der Waals surface area contributed by atoms with E-state index in [2.05, 4.69) is 5.32 Å². The van der Waals surface area contributed by atoms with E-state index in [1.54, 1.807) is 34.8 Å². The molecular formula is C11H21NO4. The molecule has 1 N–H and O–H groups in total. The quantitative estimate of drug-likeness (QED) is 0.728. The van der Waals surface area contributed by atoms with Crippen LogP contribution in [0.15, 0.2) is 0 Å². The van der Waals surface area contributed by atoms with Crippen LogP contribution in [0, 0.1) is 0 Å². The van der Waals surface area contributed by atoms with Crippen molar-refractivity contribution < 1.29 is 19.1 Å². The predicted molar refractivity (Wildman–Crippen MR) is 60.3 cm³/mol. The van der Waals surface area contributed by atoms with E-state index < -0.39 is 17.2 Å². The van der Waals surface area contributed by atoms with Crippen molar-refractivity contribution in [2.24, 2.45) is 0 Å². The number of alkyl carbamates (subject to hydrolysis) is 1. The molecule has 0 heterocycles. The van der Waals surface area contributed by atoms with Crippen molar-refractivity contribution in [1.82, 2.24) is 5.32 Å². The number of hydrogen-bond donors (Lipinski definition) is 1. The Morgan fingerprint density at radius 2 is 1.88 bits per heavy atom. The number of ether oxygens (including phenoxy) is 2. The molecule has 0 aromatic rings. The fourth-order valence-electron chi connectivity index (χ4n) is 1.00. The highest BCUT2D eigenvalue weighted by Gasteiger charge is 2.28. The maximum atomic E-state index is 11.5. The Labute approximate surface area is 96.5 Å². The van der Waals surface area contributed by atoms with Crippen LogP contribution in [-0.2, 0) is 14.3 Å². The Bertz CT molecular complexity index is 247. The number of hydrogen-bond acceptors (Lipinski definition) is 4. The Morgan fingerprint density at radius 3 is 2.25 bits per heavy atom. The molecule has 0 aliphatic heterocycles. The van der Waals surface area contributed by atoms with Crippen molar-refractivity contribution in [2.45, 2.75) is 45.3 Å². The summed E-state index contributed by atoms with van der Waals surface area (Å²) < 4.78 is 9.94. The van der Waals surface area contributed by atoms with Crippen molar-refractivity contribution in [1.29, 1.82) is 0 Å². The van der Waals surface area contributed by atoms with Gasteiger partial charge < -0.3 is 19.6 Å². The van der Waals surface area contributed by atoms with E-state index in [4.69, 9.17) is 9.47 Å². The third kappa shape index (κ3) is 6.40. The lowest BCUT2D eigenvalue weighted by Crippen LogP contribution is -2.49. The molecule has 0 saturated heterocycles. The summed E-state index contributed by atoms with van der Waals surface area (Å²) in [6.45, 7) is 7.31. The van der Waals surface area contributed by atoms with E-state index >= 15 is 0 Å². The van der Waals surface area contributed by atoms with Crippen molar-refractivity contribution in [3.8, 4) is 0 Å². The smallest absolute Gasteiger partial charge is 0.408 e. The van der Waals surface area contributed by atoms with Crippen molar-refractivity contribution in [3.63, 3.8) is 0 Å². The minimum absolute atomic E-state index is 0.394. The van der Waals surface area contributed by atoms with Crippen LogP contribution in [0.25, 0.3) is 0 Å². The summed E-state index contributed by atoms with van der Waals surface area (Å²) in [4.78, 5) is 22.4. The van der Waals surface area contributed by atoms with Gasteiger partial charge >= 0.3 is 6.09 Å². The van der Waals surface area contributed by atoms with Crippen LogP contribution in [0.3, 0.4) is 0 Å². The van der Waals surface area contributed by atoms with Crippen LogP contribution in [-0.4, -0.2) is 37.2 Å². The van der Waals surface area contributed by atoms with Gasteiger partial charge in [-0.25, -0.2) is 4.79 Å². The van der Waals surface area contributed by atoms with Gasteiger partial charge in [0.05, 0.1) is 5.54 Å². The fourth-order valence-corrected chi connectivity index (χ4v) is 1.00. The van der Waals surface area contributed by atoms with Crippen molar-refractivity contribution in [3.05, 3.63) is 0 Å². The van der Waals surface area contributed by atoms with Crippen LogP contribution >= 0.6 is 0 Å². The first kappa shape index (κ1) is 14.9. The SMILES string of the molecule is COCCC(C)(C=O)NC(=O)OC(C)(C)C. The molecule has 0 aliphatic rings. The zero-order valence-electron chi connectivity index (χ0n) is 10.6. The molecule has 0 spiro atoms. The molecular weight excluding hydrogens is 210 g/mol. The molecule has 94 valence electrons.